The molecule has 3 aromatic rings. The van der Waals surface area contributed by atoms with Gasteiger partial charge in [-0.2, -0.15) is 0 Å². The van der Waals surface area contributed by atoms with Gasteiger partial charge in [-0.05, 0) is 18.2 Å². The van der Waals surface area contributed by atoms with E-state index in [1.807, 2.05) is 5.38 Å². The minimum atomic E-state index is -0.892. The van der Waals surface area contributed by atoms with Gasteiger partial charge in [0.15, 0.2) is 16.8 Å². The summed E-state index contributed by atoms with van der Waals surface area (Å²) in [4.78, 5) is 4.33. The Morgan fingerprint density at radius 2 is 2.05 bits per heavy atom. The van der Waals surface area contributed by atoms with Crippen molar-refractivity contribution in [3.05, 3.63) is 53.8 Å². The highest BCUT2D eigenvalue weighted by molar-refractivity contribution is 7.14. The number of halogens is 2. The molecule has 2 heterocycles. The zero-order valence-corrected chi connectivity index (χ0v) is 10.4. The molecule has 1 N–H and O–H groups in total. The van der Waals surface area contributed by atoms with E-state index in [0.717, 1.165) is 23.4 Å². The number of rotatable bonds is 3. The van der Waals surface area contributed by atoms with Crippen LogP contribution in [0.4, 0.5) is 19.6 Å². The van der Waals surface area contributed by atoms with Gasteiger partial charge in [0.1, 0.15) is 0 Å². The molecule has 0 unspecified atom stereocenters. The average Bonchev–Trinajstić information content (AvgIpc) is 3.04. The van der Waals surface area contributed by atoms with E-state index in [9.17, 15) is 8.78 Å². The van der Waals surface area contributed by atoms with Gasteiger partial charge in [-0.1, -0.05) is 0 Å². The second-order valence-corrected chi connectivity index (χ2v) is 4.66. The van der Waals surface area contributed by atoms with Crippen LogP contribution in [0.25, 0.3) is 11.3 Å². The smallest absolute Gasteiger partial charge is 0.187 e. The van der Waals surface area contributed by atoms with Crippen molar-refractivity contribution >= 4 is 22.2 Å². The molecule has 0 bridgehead atoms. The molecule has 6 heteroatoms. The Balaban J connectivity index is 1.82. The van der Waals surface area contributed by atoms with E-state index in [4.69, 9.17) is 4.42 Å². The summed E-state index contributed by atoms with van der Waals surface area (Å²) in [5.74, 6) is -1.76. The number of hydrogen-bond donors (Lipinski definition) is 1. The van der Waals surface area contributed by atoms with E-state index in [1.54, 1.807) is 18.6 Å². The van der Waals surface area contributed by atoms with Crippen molar-refractivity contribution in [1.82, 2.24) is 4.98 Å². The van der Waals surface area contributed by atoms with E-state index < -0.39 is 11.6 Å². The van der Waals surface area contributed by atoms with Gasteiger partial charge in [-0.15, -0.1) is 11.3 Å². The predicted octanol–water partition coefficient (Wildman–Crippen LogP) is 4.42. The Kier molecular flexibility index (Phi) is 3.00. The fourth-order valence-electron chi connectivity index (χ4n) is 1.57. The number of nitrogens with one attached hydrogen (secondary N) is 1. The Morgan fingerprint density at radius 3 is 2.79 bits per heavy atom. The van der Waals surface area contributed by atoms with Crippen LogP contribution in [0.3, 0.4) is 0 Å². The molecule has 0 atom stereocenters. The van der Waals surface area contributed by atoms with Crippen LogP contribution in [0.15, 0.2) is 46.6 Å². The van der Waals surface area contributed by atoms with Crippen molar-refractivity contribution in [2.45, 2.75) is 0 Å². The first-order valence-corrected chi connectivity index (χ1v) is 6.30. The summed E-state index contributed by atoms with van der Waals surface area (Å²) in [6, 6.07) is 5.42. The largest absolute Gasteiger partial charge is 0.472 e. The van der Waals surface area contributed by atoms with Crippen molar-refractivity contribution in [3.8, 4) is 11.3 Å². The predicted molar refractivity (Wildman–Crippen MR) is 69.5 cm³/mol. The first kappa shape index (κ1) is 11.9. The molecule has 0 aliphatic rings. The van der Waals surface area contributed by atoms with Gasteiger partial charge >= 0.3 is 0 Å². The maximum atomic E-state index is 13.1. The summed E-state index contributed by atoms with van der Waals surface area (Å²) >= 11 is 1.37. The maximum absolute atomic E-state index is 13.1. The number of nitrogens with zero attached hydrogens (tertiary/aromatic N) is 1. The lowest BCUT2D eigenvalue weighted by Gasteiger charge is -2.02. The van der Waals surface area contributed by atoms with Crippen LogP contribution in [0, 0.1) is 11.6 Å². The molecule has 1 aromatic carbocycles. The van der Waals surface area contributed by atoms with Crippen LogP contribution in [-0.2, 0) is 0 Å². The molecule has 19 heavy (non-hydrogen) atoms. The highest BCUT2D eigenvalue weighted by Gasteiger charge is 2.07. The molecule has 0 aliphatic heterocycles. The van der Waals surface area contributed by atoms with Gasteiger partial charge in [0.25, 0.3) is 0 Å². The number of aromatic nitrogens is 1. The Bertz CT molecular complexity index is 694. The monoisotopic (exact) mass is 278 g/mol. The molecule has 3 rings (SSSR count). The average molecular weight is 278 g/mol. The standard InChI is InChI=1S/C13H8F2N2OS/c14-10-2-1-9(5-11(10)15)16-13-17-12(7-19-13)8-3-4-18-6-8/h1-7H,(H,16,17). The van der Waals surface area contributed by atoms with Crippen molar-refractivity contribution in [3.63, 3.8) is 0 Å². The van der Waals surface area contributed by atoms with Gasteiger partial charge in [0, 0.05) is 22.7 Å². The van der Waals surface area contributed by atoms with Crippen molar-refractivity contribution in [2.75, 3.05) is 5.32 Å². The van der Waals surface area contributed by atoms with Crippen molar-refractivity contribution < 1.29 is 13.2 Å². The van der Waals surface area contributed by atoms with E-state index in [1.165, 1.54) is 17.4 Å². The van der Waals surface area contributed by atoms with Gasteiger partial charge in [-0.3, -0.25) is 0 Å². The number of hydrogen-bond acceptors (Lipinski definition) is 4. The Hall–Kier alpha value is -2.21. The summed E-state index contributed by atoms with van der Waals surface area (Å²) < 4.78 is 30.8. The Morgan fingerprint density at radius 1 is 1.16 bits per heavy atom. The third kappa shape index (κ3) is 2.48. The lowest BCUT2D eigenvalue weighted by molar-refractivity contribution is 0.509. The van der Waals surface area contributed by atoms with Gasteiger partial charge in [0.05, 0.1) is 18.2 Å². The number of furan rings is 1. The number of benzene rings is 1. The minimum absolute atomic E-state index is 0.451. The number of anilines is 2. The second kappa shape index (κ2) is 4.81. The fraction of sp³-hybridized carbons (Fsp3) is 0. The molecular formula is C13H8F2N2OS. The zero-order valence-electron chi connectivity index (χ0n) is 9.56. The first-order chi connectivity index (χ1) is 9.22. The summed E-state index contributed by atoms with van der Waals surface area (Å²) in [5, 5.41) is 5.38. The topological polar surface area (TPSA) is 38.1 Å². The maximum Gasteiger partial charge on any atom is 0.187 e. The quantitative estimate of drug-likeness (QED) is 0.770. The molecule has 0 saturated carbocycles. The molecular weight excluding hydrogens is 270 g/mol. The van der Waals surface area contributed by atoms with Crippen LogP contribution in [-0.4, -0.2) is 4.98 Å². The van der Waals surface area contributed by atoms with E-state index in [-0.39, 0.29) is 0 Å². The van der Waals surface area contributed by atoms with Crippen LogP contribution in [0.5, 0.6) is 0 Å². The summed E-state index contributed by atoms with van der Waals surface area (Å²) in [7, 11) is 0. The summed E-state index contributed by atoms with van der Waals surface area (Å²) in [6.45, 7) is 0. The van der Waals surface area contributed by atoms with Crippen LogP contribution >= 0.6 is 11.3 Å². The molecule has 0 aliphatic carbocycles. The summed E-state index contributed by atoms with van der Waals surface area (Å²) in [6.07, 6.45) is 3.16. The highest BCUT2D eigenvalue weighted by atomic mass is 32.1. The first-order valence-electron chi connectivity index (χ1n) is 5.42. The normalized spacial score (nSPS) is 10.6. The van der Waals surface area contributed by atoms with E-state index in [0.29, 0.717) is 10.8 Å². The molecule has 0 saturated heterocycles. The van der Waals surface area contributed by atoms with Crippen LogP contribution in [0.2, 0.25) is 0 Å². The molecule has 2 aromatic heterocycles. The minimum Gasteiger partial charge on any atom is -0.472 e. The lowest BCUT2D eigenvalue weighted by atomic mass is 10.3. The molecule has 0 fully saturated rings. The van der Waals surface area contributed by atoms with Gasteiger partial charge in [-0.25, -0.2) is 13.8 Å². The fourth-order valence-corrected chi connectivity index (χ4v) is 2.31. The molecule has 96 valence electrons. The van der Waals surface area contributed by atoms with Gasteiger partial charge < -0.3 is 9.73 Å². The zero-order chi connectivity index (χ0) is 13.2. The SMILES string of the molecule is Fc1ccc(Nc2nc(-c3ccoc3)cs2)cc1F. The van der Waals surface area contributed by atoms with Crippen LogP contribution < -0.4 is 5.32 Å². The van der Waals surface area contributed by atoms with Gasteiger partial charge in [0.2, 0.25) is 0 Å². The Labute approximate surface area is 111 Å². The van der Waals surface area contributed by atoms with Crippen LogP contribution in [0.1, 0.15) is 0 Å². The summed E-state index contributed by atoms with van der Waals surface area (Å²) in [5.41, 5.74) is 2.09. The molecule has 3 nitrogen and oxygen atoms in total. The third-order valence-corrected chi connectivity index (χ3v) is 3.25. The molecule has 0 spiro atoms. The van der Waals surface area contributed by atoms with Crippen molar-refractivity contribution in [1.29, 1.82) is 0 Å². The molecule has 0 amide bonds. The number of thiazole rings is 1. The van der Waals surface area contributed by atoms with E-state index in [2.05, 4.69) is 10.3 Å². The highest BCUT2D eigenvalue weighted by Crippen LogP contribution is 2.27. The van der Waals surface area contributed by atoms with Crippen molar-refractivity contribution in [2.24, 2.45) is 0 Å². The second-order valence-electron chi connectivity index (χ2n) is 3.80. The van der Waals surface area contributed by atoms with E-state index >= 15 is 0 Å². The molecule has 0 radical (unpaired) electrons. The third-order valence-electron chi connectivity index (χ3n) is 2.49. The lowest BCUT2D eigenvalue weighted by Crippen LogP contribution is -1.92.